The van der Waals surface area contributed by atoms with Gasteiger partial charge in [0.1, 0.15) is 11.8 Å². The molecule has 1 aliphatic heterocycles. The fraction of sp³-hybridized carbons (Fsp3) is 0.185. The van der Waals surface area contributed by atoms with Crippen molar-refractivity contribution in [2.24, 2.45) is 0 Å². The van der Waals surface area contributed by atoms with Crippen LogP contribution in [0.1, 0.15) is 18.5 Å². The van der Waals surface area contributed by atoms with Gasteiger partial charge < -0.3 is 24.8 Å². The van der Waals surface area contributed by atoms with Gasteiger partial charge in [-0.05, 0) is 43.3 Å². The van der Waals surface area contributed by atoms with Gasteiger partial charge in [-0.3, -0.25) is 9.78 Å². The van der Waals surface area contributed by atoms with E-state index in [1.807, 2.05) is 0 Å². The molecule has 3 heterocycles. The van der Waals surface area contributed by atoms with Crippen LogP contribution in [0.15, 0.2) is 66.1 Å². The minimum absolute atomic E-state index is 0.352. The van der Waals surface area contributed by atoms with Crippen molar-refractivity contribution < 1.29 is 19.0 Å². The van der Waals surface area contributed by atoms with E-state index in [-0.39, 0.29) is 5.91 Å². The van der Waals surface area contributed by atoms with Crippen LogP contribution in [0.5, 0.6) is 17.2 Å². The van der Waals surface area contributed by atoms with E-state index in [1.54, 1.807) is 73.6 Å². The second-order valence-electron chi connectivity index (χ2n) is 8.54. The molecule has 0 fully saturated rings. The average Bonchev–Trinajstić information content (AvgIpc) is 3.35. The molecule has 1 amide bonds. The molecule has 5 rings (SSSR count). The predicted molar refractivity (Wildman–Crippen MR) is 149 cm³/mol. The second kappa shape index (κ2) is 10.8. The highest BCUT2D eigenvalue weighted by Crippen LogP contribution is 2.44. The number of nitrogens with one attached hydrogen (secondary N) is 2. The van der Waals surface area contributed by atoms with Crippen molar-refractivity contribution in [3.05, 3.63) is 81.7 Å². The predicted octanol–water partition coefficient (Wildman–Crippen LogP) is 5.60. The molecule has 0 radical (unpaired) electrons. The number of allylic oxidation sites excluding steroid dienone is 1. The van der Waals surface area contributed by atoms with E-state index in [4.69, 9.17) is 42.5 Å². The molecule has 0 spiro atoms. The smallest absolute Gasteiger partial charge is 0.255 e. The van der Waals surface area contributed by atoms with Crippen molar-refractivity contribution in [3.8, 4) is 28.6 Å². The molecular formula is C27H24Cl2N6O4. The van der Waals surface area contributed by atoms with Gasteiger partial charge in [-0.15, -0.1) is 5.10 Å². The number of fused-ring (bicyclic) bond motifs is 1. The summed E-state index contributed by atoms with van der Waals surface area (Å²) in [5, 5.41) is 11.8. The lowest BCUT2D eigenvalue weighted by Gasteiger charge is -2.30. The van der Waals surface area contributed by atoms with E-state index < -0.39 is 6.04 Å². The number of carbonyl (C=O) groups is 1. The highest BCUT2D eigenvalue weighted by Gasteiger charge is 2.37. The largest absolute Gasteiger partial charge is 0.496 e. The Morgan fingerprint density at radius 1 is 1.03 bits per heavy atom. The van der Waals surface area contributed by atoms with Gasteiger partial charge in [0.15, 0.2) is 17.3 Å². The maximum absolute atomic E-state index is 13.8. The van der Waals surface area contributed by atoms with Crippen molar-refractivity contribution in [1.29, 1.82) is 0 Å². The molecular weight excluding hydrogens is 543 g/mol. The maximum Gasteiger partial charge on any atom is 0.255 e. The normalized spacial score (nSPS) is 14.4. The molecule has 0 bridgehead atoms. The summed E-state index contributed by atoms with van der Waals surface area (Å²) in [5.74, 6) is 1.80. The first-order valence-electron chi connectivity index (χ1n) is 11.8. The summed E-state index contributed by atoms with van der Waals surface area (Å²) >= 11 is 12.6. The Kier molecular flexibility index (Phi) is 7.32. The molecule has 1 atom stereocenters. The SMILES string of the molecule is COc1cc(OC)c(C2C(C(=O)Nc3cccnc3)=C(C)Nc3nc(-c4ccc(Cl)cc4Cl)nn32)cc1OC. The Bertz CT molecular complexity index is 1590. The van der Waals surface area contributed by atoms with Crippen LogP contribution in [0.2, 0.25) is 10.0 Å². The molecule has 2 N–H and O–H groups in total. The maximum atomic E-state index is 13.8. The fourth-order valence-electron chi connectivity index (χ4n) is 4.42. The summed E-state index contributed by atoms with van der Waals surface area (Å²) in [4.78, 5) is 22.6. The zero-order chi connectivity index (χ0) is 27.7. The van der Waals surface area contributed by atoms with E-state index in [1.165, 1.54) is 14.2 Å². The first-order valence-corrected chi connectivity index (χ1v) is 12.5. The van der Waals surface area contributed by atoms with E-state index in [0.717, 1.165) is 0 Å². The molecule has 0 aliphatic carbocycles. The van der Waals surface area contributed by atoms with E-state index in [0.29, 0.717) is 67.2 Å². The third-order valence-electron chi connectivity index (χ3n) is 6.22. The topological polar surface area (TPSA) is 112 Å². The summed E-state index contributed by atoms with van der Waals surface area (Å²) in [6.07, 6.45) is 3.20. The molecule has 0 saturated heterocycles. The number of hydrogen-bond donors (Lipinski definition) is 2. The first-order chi connectivity index (χ1) is 18.8. The Labute approximate surface area is 234 Å². The van der Waals surface area contributed by atoms with Gasteiger partial charge in [0, 0.05) is 34.1 Å². The third-order valence-corrected chi connectivity index (χ3v) is 6.77. The Balaban J connectivity index is 1.70. The van der Waals surface area contributed by atoms with Gasteiger partial charge in [0.25, 0.3) is 5.91 Å². The monoisotopic (exact) mass is 566 g/mol. The minimum atomic E-state index is -0.764. The Hall–Kier alpha value is -4.28. The van der Waals surface area contributed by atoms with Gasteiger partial charge >= 0.3 is 0 Å². The summed E-state index contributed by atoms with van der Waals surface area (Å²) in [6, 6.07) is 11.3. The van der Waals surface area contributed by atoms with E-state index in [9.17, 15) is 4.79 Å². The molecule has 1 aliphatic rings. The van der Waals surface area contributed by atoms with Crippen LogP contribution in [-0.2, 0) is 4.79 Å². The van der Waals surface area contributed by atoms with E-state index >= 15 is 0 Å². The number of hydrogen-bond acceptors (Lipinski definition) is 8. The molecule has 4 aromatic rings. The van der Waals surface area contributed by atoms with Crippen LogP contribution in [0.3, 0.4) is 0 Å². The van der Waals surface area contributed by atoms with Gasteiger partial charge in [0.2, 0.25) is 5.95 Å². The van der Waals surface area contributed by atoms with Crippen molar-refractivity contribution in [3.63, 3.8) is 0 Å². The molecule has 1 unspecified atom stereocenters. The molecule has 200 valence electrons. The number of aromatic nitrogens is 4. The zero-order valence-corrected chi connectivity index (χ0v) is 23.0. The third kappa shape index (κ3) is 4.96. The lowest BCUT2D eigenvalue weighted by molar-refractivity contribution is -0.113. The second-order valence-corrected chi connectivity index (χ2v) is 9.38. The number of anilines is 2. The fourth-order valence-corrected chi connectivity index (χ4v) is 4.91. The number of rotatable bonds is 7. The number of carbonyl (C=O) groups excluding carboxylic acids is 1. The van der Waals surface area contributed by atoms with Crippen LogP contribution in [-0.4, -0.2) is 47.0 Å². The summed E-state index contributed by atoms with van der Waals surface area (Å²) < 4.78 is 18.4. The van der Waals surface area contributed by atoms with Crippen LogP contribution in [0, 0.1) is 0 Å². The molecule has 12 heteroatoms. The molecule has 2 aromatic carbocycles. The molecule has 0 saturated carbocycles. The minimum Gasteiger partial charge on any atom is -0.496 e. The van der Waals surface area contributed by atoms with Crippen LogP contribution in [0.25, 0.3) is 11.4 Å². The van der Waals surface area contributed by atoms with Crippen LogP contribution in [0.4, 0.5) is 11.6 Å². The molecule has 2 aromatic heterocycles. The average molecular weight is 567 g/mol. The van der Waals surface area contributed by atoms with Crippen molar-refractivity contribution in [2.45, 2.75) is 13.0 Å². The van der Waals surface area contributed by atoms with Gasteiger partial charge in [-0.1, -0.05) is 23.2 Å². The molecule has 10 nitrogen and oxygen atoms in total. The Morgan fingerprint density at radius 3 is 2.44 bits per heavy atom. The summed E-state index contributed by atoms with van der Waals surface area (Å²) in [7, 11) is 4.62. The van der Waals surface area contributed by atoms with E-state index in [2.05, 4.69) is 20.6 Å². The van der Waals surface area contributed by atoms with Crippen LogP contribution < -0.4 is 24.8 Å². The number of methoxy groups -OCH3 is 3. The quantitative estimate of drug-likeness (QED) is 0.297. The summed E-state index contributed by atoms with van der Waals surface area (Å²) in [6.45, 7) is 1.80. The van der Waals surface area contributed by atoms with Gasteiger partial charge in [-0.25, -0.2) is 4.68 Å². The Morgan fingerprint density at radius 2 is 1.77 bits per heavy atom. The lowest BCUT2D eigenvalue weighted by atomic mass is 9.93. The molecule has 39 heavy (non-hydrogen) atoms. The van der Waals surface area contributed by atoms with Gasteiger partial charge in [0.05, 0.1) is 43.8 Å². The van der Waals surface area contributed by atoms with Crippen molar-refractivity contribution >= 4 is 40.7 Å². The van der Waals surface area contributed by atoms with Gasteiger partial charge in [-0.2, -0.15) is 4.98 Å². The number of benzene rings is 2. The standard InChI is InChI=1S/C27H24Cl2N6O4/c1-14-23(26(36)32-16-6-5-9-30-13-16)24(18-11-21(38-3)22(39-4)12-20(18)37-2)35-27(31-14)33-25(34-35)17-8-7-15(28)10-19(17)29/h5-13,24H,1-4H3,(H,32,36)(H,31,33,34). The number of ether oxygens (including phenoxy) is 3. The first kappa shape index (κ1) is 26.3. The number of nitrogens with zero attached hydrogens (tertiary/aromatic N) is 4. The highest BCUT2D eigenvalue weighted by molar-refractivity contribution is 6.36. The lowest BCUT2D eigenvalue weighted by Crippen LogP contribution is -2.31. The van der Waals surface area contributed by atoms with Crippen molar-refractivity contribution in [1.82, 2.24) is 19.7 Å². The number of amides is 1. The van der Waals surface area contributed by atoms with Crippen LogP contribution >= 0.6 is 23.2 Å². The highest BCUT2D eigenvalue weighted by atomic mass is 35.5. The van der Waals surface area contributed by atoms with Crippen molar-refractivity contribution in [2.75, 3.05) is 32.0 Å². The summed E-state index contributed by atoms with van der Waals surface area (Å²) in [5.41, 5.74) is 2.69. The number of halogens is 2. The zero-order valence-electron chi connectivity index (χ0n) is 21.5. The number of pyridine rings is 1.